The van der Waals surface area contributed by atoms with Gasteiger partial charge in [-0.3, -0.25) is 10.00 Å². The Balaban J connectivity index is 2.13. The van der Waals surface area contributed by atoms with Crippen molar-refractivity contribution in [2.75, 3.05) is 13.1 Å². The Morgan fingerprint density at radius 1 is 1.71 bits per heavy atom. The van der Waals surface area contributed by atoms with Gasteiger partial charge in [0.2, 0.25) is 0 Å². The van der Waals surface area contributed by atoms with Crippen LogP contribution < -0.4 is 0 Å². The van der Waals surface area contributed by atoms with Crippen molar-refractivity contribution in [2.45, 2.75) is 32.4 Å². The standard InChI is InChI=1S/C10H17N3O/c1-2-13-5-3-4-10(13)9-6-8(7-14)11-12-9/h6,10,14H,2-5,7H2,1H3,(H,11,12). The first-order chi connectivity index (χ1) is 6.85. The van der Waals surface area contributed by atoms with Gasteiger partial charge in [-0.2, -0.15) is 5.10 Å². The van der Waals surface area contributed by atoms with Crippen LogP contribution in [-0.4, -0.2) is 33.3 Å². The lowest BCUT2D eigenvalue weighted by Gasteiger charge is -2.20. The van der Waals surface area contributed by atoms with Gasteiger partial charge in [-0.15, -0.1) is 0 Å². The molecule has 4 heteroatoms. The van der Waals surface area contributed by atoms with Crippen molar-refractivity contribution in [3.8, 4) is 0 Å². The van der Waals surface area contributed by atoms with Gasteiger partial charge in [-0.1, -0.05) is 6.92 Å². The third-order valence-corrected chi connectivity index (χ3v) is 2.93. The normalized spacial score (nSPS) is 23.1. The number of hydrogen-bond acceptors (Lipinski definition) is 3. The number of aromatic amines is 1. The van der Waals surface area contributed by atoms with Crippen LogP contribution in [0.2, 0.25) is 0 Å². The van der Waals surface area contributed by atoms with Crippen LogP contribution in [-0.2, 0) is 6.61 Å². The summed E-state index contributed by atoms with van der Waals surface area (Å²) in [7, 11) is 0. The SMILES string of the molecule is CCN1CCCC1c1cc(CO)[nH]n1. The summed E-state index contributed by atoms with van der Waals surface area (Å²) < 4.78 is 0. The molecule has 1 fully saturated rings. The molecule has 1 unspecified atom stereocenters. The number of likely N-dealkylation sites (tertiary alicyclic amines) is 1. The molecule has 0 bridgehead atoms. The molecule has 0 radical (unpaired) electrons. The van der Waals surface area contributed by atoms with E-state index in [2.05, 4.69) is 22.0 Å². The molecule has 0 spiro atoms. The minimum Gasteiger partial charge on any atom is -0.390 e. The molecule has 2 heterocycles. The van der Waals surface area contributed by atoms with Gasteiger partial charge in [0, 0.05) is 0 Å². The third-order valence-electron chi connectivity index (χ3n) is 2.93. The van der Waals surface area contributed by atoms with Gasteiger partial charge in [0.25, 0.3) is 0 Å². The number of aliphatic hydroxyl groups excluding tert-OH is 1. The molecule has 78 valence electrons. The summed E-state index contributed by atoms with van der Waals surface area (Å²) in [6, 6.07) is 2.43. The molecule has 1 aromatic rings. The summed E-state index contributed by atoms with van der Waals surface area (Å²) in [5, 5.41) is 16.0. The summed E-state index contributed by atoms with van der Waals surface area (Å²) in [5.41, 5.74) is 1.89. The second kappa shape index (κ2) is 4.11. The second-order valence-electron chi connectivity index (χ2n) is 3.76. The number of nitrogens with one attached hydrogen (secondary N) is 1. The minimum absolute atomic E-state index is 0.0475. The van der Waals surface area contributed by atoms with E-state index in [4.69, 9.17) is 5.11 Å². The number of hydrogen-bond donors (Lipinski definition) is 2. The zero-order valence-corrected chi connectivity index (χ0v) is 8.53. The highest BCUT2D eigenvalue weighted by molar-refractivity contribution is 5.13. The summed E-state index contributed by atoms with van der Waals surface area (Å²) in [5.74, 6) is 0. The maximum absolute atomic E-state index is 8.93. The maximum Gasteiger partial charge on any atom is 0.0847 e. The Morgan fingerprint density at radius 2 is 2.57 bits per heavy atom. The molecule has 2 N–H and O–H groups in total. The number of rotatable bonds is 3. The van der Waals surface area contributed by atoms with Gasteiger partial charge in [-0.05, 0) is 32.0 Å². The van der Waals surface area contributed by atoms with E-state index >= 15 is 0 Å². The molecule has 14 heavy (non-hydrogen) atoms. The monoisotopic (exact) mass is 195 g/mol. The molecular formula is C10H17N3O. The van der Waals surface area contributed by atoms with Crippen molar-refractivity contribution in [1.82, 2.24) is 15.1 Å². The van der Waals surface area contributed by atoms with Crippen molar-refractivity contribution >= 4 is 0 Å². The van der Waals surface area contributed by atoms with E-state index in [1.807, 2.05) is 6.07 Å². The summed E-state index contributed by atoms with van der Waals surface area (Å²) >= 11 is 0. The maximum atomic E-state index is 8.93. The smallest absolute Gasteiger partial charge is 0.0847 e. The second-order valence-corrected chi connectivity index (χ2v) is 3.76. The third kappa shape index (κ3) is 1.67. The van der Waals surface area contributed by atoms with Gasteiger partial charge in [-0.25, -0.2) is 0 Å². The first-order valence-electron chi connectivity index (χ1n) is 5.24. The van der Waals surface area contributed by atoms with Gasteiger partial charge in [0.1, 0.15) is 0 Å². The number of aromatic nitrogens is 2. The predicted octanol–water partition coefficient (Wildman–Crippen LogP) is 1.06. The topological polar surface area (TPSA) is 52.1 Å². The van der Waals surface area contributed by atoms with Gasteiger partial charge < -0.3 is 5.11 Å². The van der Waals surface area contributed by atoms with Crippen LogP contribution in [0.4, 0.5) is 0 Å². The molecule has 1 aliphatic rings. The largest absolute Gasteiger partial charge is 0.390 e. The summed E-state index contributed by atoms with van der Waals surface area (Å²) in [4.78, 5) is 2.43. The number of H-pyrrole nitrogens is 1. The van der Waals surface area contributed by atoms with Crippen LogP contribution in [0.25, 0.3) is 0 Å². The predicted molar refractivity (Wildman–Crippen MR) is 53.7 cm³/mol. The van der Waals surface area contributed by atoms with Crippen molar-refractivity contribution in [3.05, 3.63) is 17.5 Å². The van der Waals surface area contributed by atoms with Gasteiger partial charge in [0.05, 0.1) is 24.0 Å². The van der Waals surface area contributed by atoms with Crippen LogP contribution in [0.15, 0.2) is 6.07 Å². The summed E-state index contributed by atoms with van der Waals surface area (Å²) in [6.07, 6.45) is 2.43. The highest BCUT2D eigenvalue weighted by atomic mass is 16.3. The van der Waals surface area contributed by atoms with E-state index < -0.39 is 0 Å². The number of nitrogens with zero attached hydrogens (tertiary/aromatic N) is 2. The van der Waals surface area contributed by atoms with Crippen molar-refractivity contribution in [1.29, 1.82) is 0 Å². The minimum atomic E-state index is 0.0475. The number of aliphatic hydroxyl groups is 1. The molecule has 1 saturated heterocycles. The van der Waals surface area contributed by atoms with Crippen molar-refractivity contribution in [3.63, 3.8) is 0 Å². The highest BCUT2D eigenvalue weighted by Crippen LogP contribution is 2.30. The van der Waals surface area contributed by atoms with Gasteiger partial charge >= 0.3 is 0 Å². The van der Waals surface area contributed by atoms with Crippen LogP contribution >= 0.6 is 0 Å². The fourth-order valence-electron chi connectivity index (χ4n) is 2.17. The van der Waals surface area contributed by atoms with Crippen LogP contribution in [0.5, 0.6) is 0 Å². The Labute approximate surface area is 83.9 Å². The molecule has 0 aromatic carbocycles. The fraction of sp³-hybridized carbons (Fsp3) is 0.700. The lowest BCUT2D eigenvalue weighted by Crippen LogP contribution is -2.22. The van der Waals surface area contributed by atoms with Crippen LogP contribution in [0, 0.1) is 0 Å². The Hall–Kier alpha value is -0.870. The van der Waals surface area contributed by atoms with E-state index in [1.165, 1.54) is 19.4 Å². The zero-order chi connectivity index (χ0) is 9.97. The van der Waals surface area contributed by atoms with Gasteiger partial charge in [0.15, 0.2) is 0 Å². The Kier molecular flexibility index (Phi) is 2.84. The highest BCUT2D eigenvalue weighted by Gasteiger charge is 2.26. The molecule has 1 aromatic heterocycles. The van der Waals surface area contributed by atoms with Crippen LogP contribution in [0.3, 0.4) is 0 Å². The first kappa shape index (κ1) is 9.68. The average molecular weight is 195 g/mol. The van der Waals surface area contributed by atoms with E-state index in [1.54, 1.807) is 0 Å². The molecule has 0 saturated carbocycles. The van der Waals surface area contributed by atoms with E-state index in [-0.39, 0.29) is 6.61 Å². The first-order valence-corrected chi connectivity index (χ1v) is 5.24. The average Bonchev–Trinajstić information content (AvgIpc) is 2.85. The quantitative estimate of drug-likeness (QED) is 0.758. The molecule has 4 nitrogen and oxygen atoms in total. The van der Waals surface area contributed by atoms with Crippen LogP contribution in [0.1, 0.15) is 37.2 Å². The molecule has 1 atom stereocenters. The summed E-state index contributed by atoms with van der Waals surface area (Å²) in [6.45, 7) is 4.47. The Bertz CT molecular complexity index is 297. The molecule has 2 rings (SSSR count). The molecular weight excluding hydrogens is 178 g/mol. The molecule has 0 aliphatic carbocycles. The molecule has 1 aliphatic heterocycles. The lowest BCUT2D eigenvalue weighted by atomic mass is 10.1. The Morgan fingerprint density at radius 3 is 3.21 bits per heavy atom. The lowest BCUT2D eigenvalue weighted by molar-refractivity contribution is 0.267. The van der Waals surface area contributed by atoms with E-state index in [9.17, 15) is 0 Å². The fourth-order valence-corrected chi connectivity index (χ4v) is 2.17. The van der Waals surface area contributed by atoms with Crippen molar-refractivity contribution in [2.24, 2.45) is 0 Å². The van der Waals surface area contributed by atoms with E-state index in [0.29, 0.717) is 6.04 Å². The zero-order valence-electron chi connectivity index (χ0n) is 8.53. The van der Waals surface area contributed by atoms with Crippen molar-refractivity contribution < 1.29 is 5.11 Å². The van der Waals surface area contributed by atoms with E-state index in [0.717, 1.165) is 17.9 Å². The molecule has 0 amide bonds.